The lowest BCUT2D eigenvalue weighted by Gasteiger charge is -2.36. The Balaban J connectivity index is 1.37. The number of amides is 1. The molecule has 1 amide bonds. The third-order valence-corrected chi connectivity index (χ3v) is 5.63. The van der Waals surface area contributed by atoms with Crippen molar-refractivity contribution in [3.05, 3.63) is 59.0 Å². The third kappa shape index (κ3) is 3.77. The van der Waals surface area contributed by atoms with Crippen molar-refractivity contribution in [1.82, 2.24) is 20.0 Å². The summed E-state index contributed by atoms with van der Waals surface area (Å²) in [6.45, 7) is 4.66. The standard InChI is InChI=1S/C19H19FN4O2S/c1-13(17-21-22-18(26-17)16-3-2-12-27-16)23-8-10-24(11-9-23)19(25)14-4-6-15(20)7-5-14/h2-7,12-13H,8-11H2,1H3. The lowest BCUT2D eigenvalue weighted by atomic mass is 10.1. The fraction of sp³-hybridized carbons (Fsp3) is 0.316. The molecule has 0 saturated carbocycles. The molecule has 0 radical (unpaired) electrons. The molecule has 1 unspecified atom stereocenters. The van der Waals surface area contributed by atoms with E-state index < -0.39 is 0 Å². The maximum absolute atomic E-state index is 13.0. The maximum atomic E-state index is 13.0. The molecule has 0 bridgehead atoms. The second-order valence-electron chi connectivity index (χ2n) is 6.43. The van der Waals surface area contributed by atoms with Gasteiger partial charge in [-0.05, 0) is 42.6 Å². The van der Waals surface area contributed by atoms with Crippen LogP contribution in [-0.4, -0.2) is 52.1 Å². The normalized spacial score (nSPS) is 16.4. The molecule has 6 nitrogen and oxygen atoms in total. The summed E-state index contributed by atoms with van der Waals surface area (Å²) in [4.78, 5) is 17.5. The van der Waals surface area contributed by atoms with Gasteiger partial charge in [-0.15, -0.1) is 21.5 Å². The lowest BCUT2D eigenvalue weighted by molar-refractivity contribution is 0.0559. The van der Waals surface area contributed by atoms with Gasteiger partial charge in [0, 0.05) is 31.7 Å². The minimum Gasteiger partial charge on any atom is -0.418 e. The van der Waals surface area contributed by atoms with Crippen LogP contribution in [0, 0.1) is 5.82 Å². The summed E-state index contributed by atoms with van der Waals surface area (Å²) < 4.78 is 18.9. The van der Waals surface area contributed by atoms with Gasteiger partial charge in [0.2, 0.25) is 5.89 Å². The Morgan fingerprint density at radius 1 is 1.15 bits per heavy atom. The largest absolute Gasteiger partial charge is 0.418 e. The minimum absolute atomic E-state index is 0.0192. The van der Waals surface area contributed by atoms with E-state index in [1.54, 1.807) is 16.2 Å². The van der Waals surface area contributed by atoms with Crippen LogP contribution in [0.4, 0.5) is 4.39 Å². The Morgan fingerprint density at radius 3 is 2.56 bits per heavy atom. The van der Waals surface area contributed by atoms with Gasteiger partial charge < -0.3 is 9.32 Å². The Morgan fingerprint density at radius 2 is 1.89 bits per heavy atom. The first-order valence-electron chi connectivity index (χ1n) is 8.78. The molecular formula is C19H19FN4O2S. The van der Waals surface area contributed by atoms with Gasteiger partial charge in [0.1, 0.15) is 5.82 Å². The number of hydrogen-bond acceptors (Lipinski definition) is 6. The first kappa shape index (κ1) is 17.8. The van der Waals surface area contributed by atoms with E-state index >= 15 is 0 Å². The molecule has 1 aliphatic rings. The molecule has 1 saturated heterocycles. The summed E-state index contributed by atoms with van der Waals surface area (Å²) >= 11 is 1.56. The average Bonchev–Trinajstić information content (AvgIpc) is 3.39. The summed E-state index contributed by atoms with van der Waals surface area (Å²) in [6, 6.07) is 9.55. The third-order valence-electron chi connectivity index (χ3n) is 4.77. The molecule has 140 valence electrons. The maximum Gasteiger partial charge on any atom is 0.257 e. The van der Waals surface area contributed by atoms with Crippen LogP contribution in [0.15, 0.2) is 46.2 Å². The molecule has 0 N–H and O–H groups in total. The smallest absolute Gasteiger partial charge is 0.257 e. The molecule has 4 rings (SSSR count). The Kier molecular flexibility index (Phi) is 5.00. The van der Waals surface area contributed by atoms with Crippen molar-refractivity contribution in [3.63, 3.8) is 0 Å². The van der Waals surface area contributed by atoms with E-state index in [0.29, 0.717) is 43.5 Å². The number of benzene rings is 1. The summed E-state index contributed by atoms with van der Waals surface area (Å²) in [5, 5.41) is 10.3. The Labute approximate surface area is 160 Å². The Bertz CT molecular complexity index is 902. The highest BCUT2D eigenvalue weighted by Gasteiger charge is 2.28. The zero-order chi connectivity index (χ0) is 18.8. The van der Waals surface area contributed by atoms with E-state index in [1.165, 1.54) is 24.3 Å². The van der Waals surface area contributed by atoms with Gasteiger partial charge >= 0.3 is 0 Å². The van der Waals surface area contributed by atoms with Crippen molar-refractivity contribution < 1.29 is 13.6 Å². The number of hydrogen-bond donors (Lipinski definition) is 0. The SMILES string of the molecule is CC(c1nnc(-c2cccs2)o1)N1CCN(C(=O)c2ccc(F)cc2)CC1. The number of piperazine rings is 1. The molecule has 1 aliphatic heterocycles. The molecule has 0 aliphatic carbocycles. The van der Waals surface area contributed by atoms with Crippen LogP contribution in [0.5, 0.6) is 0 Å². The number of carbonyl (C=O) groups excluding carboxylic acids is 1. The van der Waals surface area contributed by atoms with Crippen LogP contribution in [0.3, 0.4) is 0 Å². The van der Waals surface area contributed by atoms with Gasteiger partial charge in [-0.1, -0.05) is 6.07 Å². The predicted molar refractivity (Wildman–Crippen MR) is 99.9 cm³/mol. The fourth-order valence-electron chi connectivity index (χ4n) is 3.15. The van der Waals surface area contributed by atoms with Gasteiger partial charge in [0.05, 0.1) is 10.9 Å². The number of rotatable bonds is 4. The highest BCUT2D eigenvalue weighted by atomic mass is 32.1. The van der Waals surface area contributed by atoms with E-state index in [4.69, 9.17) is 4.42 Å². The van der Waals surface area contributed by atoms with Crippen molar-refractivity contribution in [2.24, 2.45) is 0 Å². The monoisotopic (exact) mass is 386 g/mol. The molecule has 2 aromatic heterocycles. The summed E-state index contributed by atoms with van der Waals surface area (Å²) in [6.07, 6.45) is 0. The number of nitrogens with zero attached hydrogens (tertiary/aromatic N) is 4. The minimum atomic E-state index is -0.341. The molecular weight excluding hydrogens is 367 g/mol. The van der Waals surface area contributed by atoms with Crippen molar-refractivity contribution in [2.45, 2.75) is 13.0 Å². The molecule has 1 aromatic carbocycles. The van der Waals surface area contributed by atoms with Crippen LogP contribution in [0.2, 0.25) is 0 Å². The number of aromatic nitrogens is 2. The Hall–Kier alpha value is -2.58. The molecule has 0 spiro atoms. The van der Waals surface area contributed by atoms with E-state index in [9.17, 15) is 9.18 Å². The quantitative estimate of drug-likeness (QED) is 0.687. The van der Waals surface area contributed by atoms with Crippen molar-refractivity contribution >= 4 is 17.2 Å². The number of carbonyl (C=O) groups is 1. The van der Waals surface area contributed by atoms with Gasteiger partial charge in [-0.25, -0.2) is 4.39 Å². The first-order valence-corrected chi connectivity index (χ1v) is 9.66. The fourth-order valence-corrected chi connectivity index (χ4v) is 3.79. The van der Waals surface area contributed by atoms with E-state index in [0.717, 1.165) is 4.88 Å². The van der Waals surface area contributed by atoms with Crippen LogP contribution in [-0.2, 0) is 0 Å². The van der Waals surface area contributed by atoms with Crippen LogP contribution in [0.1, 0.15) is 29.2 Å². The van der Waals surface area contributed by atoms with E-state index in [2.05, 4.69) is 15.1 Å². The topological polar surface area (TPSA) is 62.5 Å². The van der Waals surface area contributed by atoms with Crippen LogP contribution < -0.4 is 0 Å². The zero-order valence-corrected chi connectivity index (χ0v) is 15.7. The molecule has 1 fully saturated rings. The van der Waals surface area contributed by atoms with Crippen molar-refractivity contribution in [3.8, 4) is 10.8 Å². The van der Waals surface area contributed by atoms with Gasteiger partial charge in [0.25, 0.3) is 11.8 Å². The molecule has 27 heavy (non-hydrogen) atoms. The second kappa shape index (κ2) is 7.58. The van der Waals surface area contributed by atoms with Gasteiger partial charge in [0.15, 0.2) is 0 Å². The van der Waals surface area contributed by atoms with Gasteiger partial charge in [-0.2, -0.15) is 0 Å². The van der Waals surface area contributed by atoms with E-state index in [1.807, 2.05) is 24.4 Å². The second-order valence-corrected chi connectivity index (χ2v) is 7.38. The highest BCUT2D eigenvalue weighted by Crippen LogP contribution is 2.27. The van der Waals surface area contributed by atoms with E-state index in [-0.39, 0.29) is 17.8 Å². The number of halogens is 1. The highest BCUT2D eigenvalue weighted by molar-refractivity contribution is 7.13. The predicted octanol–water partition coefficient (Wildman–Crippen LogP) is 3.46. The summed E-state index contributed by atoms with van der Waals surface area (Å²) in [5.41, 5.74) is 0.510. The zero-order valence-electron chi connectivity index (χ0n) is 14.8. The summed E-state index contributed by atoms with van der Waals surface area (Å²) in [7, 11) is 0. The number of thiophene rings is 1. The van der Waals surface area contributed by atoms with Crippen LogP contribution in [0.25, 0.3) is 10.8 Å². The lowest BCUT2D eigenvalue weighted by Crippen LogP contribution is -2.49. The summed E-state index contributed by atoms with van der Waals surface area (Å²) in [5.74, 6) is 0.709. The average molecular weight is 386 g/mol. The van der Waals surface area contributed by atoms with Gasteiger partial charge in [-0.3, -0.25) is 9.69 Å². The van der Waals surface area contributed by atoms with Crippen molar-refractivity contribution in [2.75, 3.05) is 26.2 Å². The molecule has 3 heterocycles. The van der Waals surface area contributed by atoms with Crippen LogP contribution >= 0.6 is 11.3 Å². The van der Waals surface area contributed by atoms with Crippen molar-refractivity contribution in [1.29, 1.82) is 0 Å². The molecule has 3 aromatic rings. The first-order chi connectivity index (χ1) is 13.1. The molecule has 1 atom stereocenters. The molecule has 8 heteroatoms.